The van der Waals surface area contributed by atoms with E-state index in [9.17, 15) is 8.42 Å². The molecule has 0 amide bonds. The van der Waals surface area contributed by atoms with Crippen LogP contribution >= 0.6 is 11.6 Å². The smallest absolute Gasteiger partial charge is 0.152 e. The number of hydrogen-bond donors (Lipinski definition) is 1. The fourth-order valence-electron chi connectivity index (χ4n) is 2.51. The van der Waals surface area contributed by atoms with Gasteiger partial charge in [-0.25, -0.2) is 8.42 Å². The maximum absolute atomic E-state index is 11.5. The molecular formula is C13H19ClN2O2S. The highest BCUT2D eigenvalue weighted by molar-refractivity contribution is 7.91. The molecule has 1 saturated heterocycles. The summed E-state index contributed by atoms with van der Waals surface area (Å²) in [6.07, 6.45) is 0. The van der Waals surface area contributed by atoms with Crippen molar-refractivity contribution in [3.05, 3.63) is 34.9 Å². The Morgan fingerprint density at radius 2 is 1.74 bits per heavy atom. The molecule has 19 heavy (non-hydrogen) atoms. The van der Waals surface area contributed by atoms with E-state index in [1.165, 1.54) is 0 Å². The molecule has 1 aliphatic rings. The highest BCUT2D eigenvalue weighted by Crippen LogP contribution is 2.26. The van der Waals surface area contributed by atoms with Crippen molar-refractivity contribution in [2.45, 2.75) is 19.0 Å². The molecule has 1 aromatic carbocycles. The lowest BCUT2D eigenvalue weighted by Gasteiger charge is -2.36. The second kappa shape index (κ2) is 5.79. The molecule has 0 spiro atoms. The van der Waals surface area contributed by atoms with Gasteiger partial charge in [0.25, 0.3) is 0 Å². The van der Waals surface area contributed by atoms with Crippen molar-refractivity contribution in [3.8, 4) is 0 Å². The first-order valence-electron chi connectivity index (χ1n) is 6.34. The maximum atomic E-state index is 11.5. The van der Waals surface area contributed by atoms with E-state index < -0.39 is 9.84 Å². The molecular weight excluding hydrogens is 284 g/mol. The molecule has 4 nitrogen and oxygen atoms in total. The normalized spacial score (nSPS) is 22.9. The van der Waals surface area contributed by atoms with Crippen LogP contribution in [0.1, 0.15) is 18.5 Å². The van der Waals surface area contributed by atoms with E-state index >= 15 is 0 Å². The number of nitrogens with two attached hydrogens (primary N) is 1. The van der Waals surface area contributed by atoms with Crippen molar-refractivity contribution in [2.24, 2.45) is 5.73 Å². The summed E-state index contributed by atoms with van der Waals surface area (Å²) in [5, 5.41) is 0.688. The first-order chi connectivity index (χ1) is 8.89. The molecule has 6 heteroatoms. The van der Waals surface area contributed by atoms with Crippen LogP contribution in [0.3, 0.4) is 0 Å². The van der Waals surface area contributed by atoms with Gasteiger partial charge in [0.1, 0.15) is 0 Å². The molecule has 0 saturated carbocycles. The van der Waals surface area contributed by atoms with Crippen LogP contribution in [0.5, 0.6) is 0 Å². The van der Waals surface area contributed by atoms with Crippen LogP contribution in [0.4, 0.5) is 0 Å². The van der Waals surface area contributed by atoms with Gasteiger partial charge >= 0.3 is 0 Å². The monoisotopic (exact) mass is 302 g/mol. The van der Waals surface area contributed by atoms with Gasteiger partial charge in [-0.05, 0) is 24.6 Å². The van der Waals surface area contributed by atoms with Crippen LogP contribution in [0, 0.1) is 0 Å². The summed E-state index contributed by atoms with van der Waals surface area (Å²) in [5.41, 5.74) is 7.16. The van der Waals surface area contributed by atoms with Crippen LogP contribution in [-0.4, -0.2) is 44.0 Å². The van der Waals surface area contributed by atoms with Gasteiger partial charge in [-0.15, -0.1) is 0 Å². The van der Waals surface area contributed by atoms with Crippen LogP contribution in [-0.2, 0) is 9.84 Å². The Morgan fingerprint density at radius 3 is 2.21 bits per heavy atom. The van der Waals surface area contributed by atoms with Gasteiger partial charge in [-0.3, -0.25) is 4.90 Å². The Hall–Kier alpha value is -0.620. The molecule has 0 bridgehead atoms. The van der Waals surface area contributed by atoms with Crippen molar-refractivity contribution < 1.29 is 8.42 Å². The Balaban J connectivity index is 2.19. The molecule has 2 rings (SSSR count). The quantitative estimate of drug-likeness (QED) is 0.918. The third kappa shape index (κ3) is 3.69. The number of sulfone groups is 1. The number of hydrogen-bond acceptors (Lipinski definition) is 4. The van der Waals surface area contributed by atoms with E-state index in [1.54, 1.807) is 0 Å². The van der Waals surface area contributed by atoms with Gasteiger partial charge in [0.2, 0.25) is 0 Å². The van der Waals surface area contributed by atoms with E-state index in [4.69, 9.17) is 17.3 Å². The lowest BCUT2D eigenvalue weighted by Crippen LogP contribution is -2.47. The Bertz CT molecular complexity index is 514. The second-order valence-corrected chi connectivity index (χ2v) is 7.78. The van der Waals surface area contributed by atoms with Gasteiger partial charge in [-0.2, -0.15) is 0 Å². The molecule has 1 aromatic rings. The number of benzene rings is 1. The average molecular weight is 303 g/mol. The molecule has 1 fully saturated rings. The first-order valence-corrected chi connectivity index (χ1v) is 8.54. The molecule has 1 heterocycles. The standard InChI is InChI=1S/C13H19ClN2O2S/c1-10(15)13(11-2-4-12(14)5-3-11)16-6-8-19(17,18)9-7-16/h2-5,10,13H,6-9,15H2,1H3. The lowest BCUT2D eigenvalue weighted by atomic mass is 9.99. The minimum atomic E-state index is -2.87. The predicted octanol–water partition coefficient (Wildman–Crippen LogP) is 1.46. The summed E-state index contributed by atoms with van der Waals surface area (Å²) in [4.78, 5) is 2.15. The zero-order chi connectivity index (χ0) is 14.0. The minimum absolute atomic E-state index is 0.0350. The van der Waals surface area contributed by atoms with Crippen LogP contribution in [0.2, 0.25) is 5.02 Å². The van der Waals surface area contributed by atoms with Crippen LogP contribution < -0.4 is 5.73 Å². The number of rotatable bonds is 3. The minimum Gasteiger partial charge on any atom is -0.326 e. The molecule has 1 aliphatic heterocycles. The second-order valence-electron chi connectivity index (χ2n) is 5.04. The largest absolute Gasteiger partial charge is 0.326 e. The van der Waals surface area contributed by atoms with Gasteiger partial charge in [0, 0.05) is 30.2 Å². The molecule has 2 unspecified atom stereocenters. The van der Waals surface area contributed by atoms with Crippen molar-refractivity contribution in [3.63, 3.8) is 0 Å². The molecule has 2 atom stereocenters. The number of halogens is 1. The summed E-state index contributed by atoms with van der Waals surface area (Å²) in [7, 11) is -2.87. The lowest BCUT2D eigenvalue weighted by molar-refractivity contribution is 0.191. The van der Waals surface area contributed by atoms with Crippen molar-refractivity contribution in [2.75, 3.05) is 24.6 Å². The Kier molecular flexibility index (Phi) is 4.50. The van der Waals surface area contributed by atoms with Gasteiger partial charge in [-0.1, -0.05) is 23.7 Å². The summed E-state index contributed by atoms with van der Waals surface area (Å²) < 4.78 is 23.0. The Labute approximate surface area is 119 Å². The molecule has 106 valence electrons. The fraction of sp³-hybridized carbons (Fsp3) is 0.538. The first kappa shape index (κ1) is 14.8. The summed E-state index contributed by atoms with van der Waals surface area (Å²) in [6.45, 7) is 3.02. The van der Waals surface area contributed by atoms with E-state index in [1.807, 2.05) is 31.2 Å². The summed E-state index contributed by atoms with van der Waals surface area (Å²) in [6, 6.07) is 7.56. The summed E-state index contributed by atoms with van der Waals surface area (Å²) in [5.74, 6) is 0.424. The maximum Gasteiger partial charge on any atom is 0.152 e. The molecule has 0 radical (unpaired) electrons. The van der Waals surface area contributed by atoms with Gasteiger partial charge in [0.05, 0.1) is 11.5 Å². The van der Waals surface area contributed by atoms with E-state index in [2.05, 4.69) is 4.90 Å². The zero-order valence-corrected chi connectivity index (χ0v) is 12.5. The molecule has 0 aromatic heterocycles. The molecule has 0 aliphatic carbocycles. The molecule has 2 N–H and O–H groups in total. The topological polar surface area (TPSA) is 63.4 Å². The van der Waals surface area contributed by atoms with Gasteiger partial charge in [0.15, 0.2) is 9.84 Å². The highest BCUT2D eigenvalue weighted by atomic mass is 35.5. The average Bonchev–Trinajstić information content (AvgIpc) is 2.33. The van der Waals surface area contributed by atoms with Crippen molar-refractivity contribution in [1.82, 2.24) is 4.90 Å². The fourth-order valence-corrected chi connectivity index (χ4v) is 3.87. The number of nitrogens with zero attached hydrogens (tertiary/aromatic N) is 1. The van der Waals surface area contributed by atoms with Crippen molar-refractivity contribution >= 4 is 21.4 Å². The Morgan fingerprint density at radius 1 is 1.21 bits per heavy atom. The van der Waals surface area contributed by atoms with Crippen LogP contribution in [0.25, 0.3) is 0 Å². The van der Waals surface area contributed by atoms with Gasteiger partial charge < -0.3 is 5.73 Å². The highest BCUT2D eigenvalue weighted by Gasteiger charge is 2.29. The summed E-state index contributed by atoms with van der Waals surface area (Å²) >= 11 is 5.89. The van der Waals surface area contributed by atoms with Crippen LogP contribution in [0.15, 0.2) is 24.3 Å². The predicted molar refractivity (Wildman–Crippen MR) is 78.1 cm³/mol. The van der Waals surface area contributed by atoms with Crippen molar-refractivity contribution in [1.29, 1.82) is 0 Å². The van der Waals surface area contributed by atoms with E-state index in [0.29, 0.717) is 18.1 Å². The van der Waals surface area contributed by atoms with E-state index in [-0.39, 0.29) is 23.6 Å². The third-order valence-electron chi connectivity index (χ3n) is 3.48. The van der Waals surface area contributed by atoms with E-state index in [0.717, 1.165) is 5.56 Å². The third-order valence-corrected chi connectivity index (χ3v) is 5.34. The SMILES string of the molecule is CC(N)C(c1ccc(Cl)cc1)N1CCS(=O)(=O)CC1. The zero-order valence-electron chi connectivity index (χ0n) is 10.9.